The first-order valence-corrected chi connectivity index (χ1v) is 8.73. The van der Waals surface area contributed by atoms with E-state index in [1.807, 2.05) is 0 Å². The molecule has 7 heteroatoms. The van der Waals surface area contributed by atoms with E-state index < -0.39 is 33.0 Å². The van der Waals surface area contributed by atoms with E-state index in [1.54, 1.807) is 32.9 Å². The lowest BCUT2D eigenvalue weighted by molar-refractivity contribution is -0.139. The lowest BCUT2D eigenvalue weighted by Gasteiger charge is -2.13. The number of carboxylic acid groups (broad SMARTS) is 1. The molecule has 0 saturated heterocycles. The Hall–Kier alpha value is -2.15. The van der Waals surface area contributed by atoms with Crippen molar-refractivity contribution < 1.29 is 23.1 Å². The molecule has 0 aliphatic heterocycles. The van der Waals surface area contributed by atoms with Gasteiger partial charge >= 0.3 is 5.97 Å². The van der Waals surface area contributed by atoms with Crippen molar-refractivity contribution >= 4 is 21.7 Å². The third-order valence-corrected chi connectivity index (χ3v) is 5.45. The van der Waals surface area contributed by atoms with E-state index in [2.05, 4.69) is 5.32 Å². The Bertz CT molecular complexity index is 690. The highest BCUT2D eigenvalue weighted by molar-refractivity contribution is 7.92. The molecule has 0 aliphatic rings. The minimum atomic E-state index is -3.40. The van der Waals surface area contributed by atoms with Crippen LogP contribution < -0.4 is 5.32 Å². The Kier molecular flexibility index (Phi) is 6.50. The highest BCUT2D eigenvalue weighted by Crippen LogP contribution is 2.16. The second-order valence-corrected chi connectivity index (χ2v) is 7.79. The molecule has 1 unspecified atom stereocenters. The summed E-state index contributed by atoms with van der Waals surface area (Å²) in [7, 11) is -3.40. The standard InChI is InChI=1S/C16H21NO5S/c1-4-5-6-14(16(19)20)17-15(18)12-7-9-13(10-8-12)23(21,22)11(2)3/h4-5,7-11,14H,6H2,1-3H3,(H,17,18)(H,19,20)/b5-4+. The number of allylic oxidation sites excluding steroid dienone is 1. The molecule has 23 heavy (non-hydrogen) atoms. The molecule has 0 fully saturated rings. The maximum absolute atomic E-state index is 12.1. The van der Waals surface area contributed by atoms with Gasteiger partial charge in [-0.3, -0.25) is 4.79 Å². The molecule has 0 spiro atoms. The molecule has 2 N–H and O–H groups in total. The van der Waals surface area contributed by atoms with Crippen molar-refractivity contribution in [1.82, 2.24) is 5.32 Å². The average molecular weight is 339 g/mol. The molecule has 0 radical (unpaired) electrons. The highest BCUT2D eigenvalue weighted by Gasteiger charge is 2.21. The number of sulfone groups is 1. The van der Waals surface area contributed by atoms with Gasteiger partial charge in [-0.25, -0.2) is 13.2 Å². The predicted molar refractivity (Wildman–Crippen MR) is 87.1 cm³/mol. The van der Waals surface area contributed by atoms with Crippen molar-refractivity contribution in [3.63, 3.8) is 0 Å². The van der Waals surface area contributed by atoms with Gasteiger partial charge in [-0.15, -0.1) is 0 Å². The zero-order valence-corrected chi connectivity index (χ0v) is 14.1. The number of hydrogen-bond donors (Lipinski definition) is 2. The highest BCUT2D eigenvalue weighted by atomic mass is 32.2. The fourth-order valence-corrected chi connectivity index (χ4v) is 2.86. The van der Waals surface area contributed by atoms with Crippen molar-refractivity contribution in [3.8, 4) is 0 Å². The van der Waals surface area contributed by atoms with Gasteiger partial charge in [-0.1, -0.05) is 12.2 Å². The van der Waals surface area contributed by atoms with Crippen LogP contribution in [0.1, 0.15) is 37.6 Å². The largest absolute Gasteiger partial charge is 0.480 e. The van der Waals surface area contributed by atoms with E-state index in [4.69, 9.17) is 5.11 Å². The number of carbonyl (C=O) groups is 2. The number of hydrogen-bond acceptors (Lipinski definition) is 4. The molecule has 0 bridgehead atoms. The van der Waals surface area contributed by atoms with Crippen LogP contribution in [0.2, 0.25) is 0 Å². The van der Waals surface area contributed by atoms with Crippen molar-refractivity contribution in [2.75, 3.05) is 0 Å². The van der Waals surface area contributed by atoms with Crippen LogP contribution in [0.4, 0.5) is 0 Å². The van der Waals surface area contributed by atoms with Crippen LogP contribution in [0.3, 0.4) is 0 Å². The third kappa shape index (κ3) is 4.92. The number of amides is 1. The smallest absolute Gasteiger partial charge is 0.326 e. The van der Waals surface area contributed by atoms with E-state index in [1.165, 1.54) is 24.3 Å². The van der Waals surface area contributed by atoms with E-state index in [9.17, 15) is 18.0 Å². The molecule has 1 atom stereocenters. The molecular weight excluding hydrogens is 318 g/mol. The summed E-state index contributed by atoms with van der Waals surface area (Å²) in [5.74, 6) is -1.69. The minimum Gasteiger partial charge on any atom is -0.480 e. The van der Waals surface area contributed by atoms with E-state index in [-0.39, 0.29) is 16.9 Å². The number of rotatable bonds is 7. The van der Waals surface area contributed by atoms with E-state index in [0.29, 0.717) is 0 Å². The summed E-state index contributed by atoms with van der Waals surface area (Å²) >= 11 is 0. The first kappa shape index (κ1) is 18.9. The Balaban J connectivity index is 2.91. The summed E-state index contributed by atoms with van der Waals surface area (Å²) in [5.41, 5.74) is 0.208. The first-order valence-electron chi connectivity index (χ1n) is 7.19. The summed E-state index contributed by atoms with van der Waals surface area (Å²) in [4.78, 5) is 23.3. The molecule has 126 valence electrons. The van der Waals surface area contributed by atoms with Gasteiger partial charge in [0, 0.05) is 5.56 Å². The molecule has 0 aromatic heterocycles. The molecule has 1 rings (SSSR count). The van der Waals surface area contributed by atoms with Crippen molar-refractivity contribution in [3.05, 3.63) is 42.0 Å². The molecule has 1 amide bonds. The Morgan fingerprint density at radius 3 is 2.22 bits per heavy atom. The van der Waals surface area contributed by atoms with Gasteiger partial charge in [0.05, 0.1) is 10.1 Å². The van der Waals surface area contributed by atoms with Gasteiger partial charge in [0.1, 0.15) is 6.04 Å². The number of benzene rings is 1. The number of nitrogens with one attached hydrogen (secondary N) is 1. The minimum absolute atomic E-state index is 0.132. The predicted octanol–water partition coefficient (Wildman–Crippen LogP) is 2.02. The molecule has 1 aromatic rings. The Morgan fingerprint density at radius 2 is 1.78 bits per heavy atom. The molecule has 0 aliphatic carbocycles. The zero-order chi connectivity index (χ0) is 17.6. The lowest BCUT2D eigenvalue weighted by Crippen LogP contribution is -2.40. The Morgan fingerprint density at radius 1 is 1.22 bits per heavy atom. The van der Waals surface area contributed by atoms with Crippen LogP contribution in [-0.4, -0.2) is 36.7 Å². The van der Waals surface area contributed by atoms with Crippen LogP contribution in [0, 0.1) is 0 Å². The molecular formula is C16H21NO5S. The fraction of sp³-hybridized carbons (Fsp3) is 0.375. The monoisotopic (exact) mass is 339 g/mol. The van der Waals surface area contributed by atoms with Crippen LogP contribution >= 0.6 is 0 Å². The zero-order valence-electron chi connectivity index (χ0n) is 13.3. The summed E-state index contributed by atoms with van der Waals surface area (Å²) in [5, 5.41) is 10.9. The average Bonchev–Trinajstić information content (AvgIpc) is 2.50. The van der Waals surface area contributed by atoms with Gasteiger partial charge in [0.15, 0.2) is 9.84 Å². The lowest BCUT2D eigenvalue weighted by atomic mass is 10.1. The SMILES string of the molecule is C/C=C/CC(NC(=O)c1ccc(S(=O)(=O)C(C)C)cc1)C(=O)O. The van der Waals surface area contributed by atoms with E-state index in [0.717, 1.165) is 0 Å². The molecule has 0 saturated carbocycles. The number of carbonyl (C=O) groups excluding carboxylic acids is 1. The van der Waals surface area contributed by atoms with Gasteiger partial charge in [0.25, 0.3) is 5.91 Å². The van der Waals surface area contributed by atoms with Gasteiger partial charge in [-0.05, 0) is 51.5 Å². The van der Waals surface area contributed by atoms with Crippen LogP contribution in [0.25, 0.3) is 0 Å². The summed E-state index contributed by atoms with van der Waals surface area (Å²) in [6, 6.07) is 4.42. The maximum Gasteiger partial charge on any atom is 0.326 e. The molecule has 1 aromatic carbocycles. The van der Waals surface area contributed by atoms with Crippen LogP contribution in [0.5, 0.6) is 0 Å². The molecule has 0 heterocycles. The second-order valence-electron chi connectivity index (χ2n) is 5.29. The fourth-order valence-electron chi connectivity index (χ4n) is 1.80. The van der Waals surface area contributed by atoms with Crippen molar-refractivity contribution in [1.29, 1.82) is 0 Å². The maximum atomic E-state index is 12.1. The van der Waals surface area contributed by atoms with Crippen molar-refractivity contribution in [2.45, 2.75) is 43.4 Å². The summed E-state index contributed by atoms with van der Waals surface area (Å²) in [6.45, 7) is 4.91. The quantitative estimate of drug-likeness (QED) is 0.740. The van der Waals surface area contributed by atoms with E-state index >= 15 is 0 Å². The van der Waals surface area contributed by atoms with Crippen LogP contribution in [0.15, 0.2) is 41.3 Å². The number of carboxylic acids is 1. The normalized spacial score (nSPS) is 13.2. The van der Waals surface area contributed by atoms with Gasteiger partial charge in [0.2, 0.25) is 0 Å². The first-order chi connectivity index (χ1) is 10.7. The molecule has 6 nitrogen and oxygen atoms in total. The Labute approximate surface area is 136 Å². The van der Waals surface area contributed by atoms with Crippen LogP contribution in [-0.2, 0) is 14.6 Å². The number of aliphatic carboxylic acids is 1. The van der Waals surface area contributed by atoms with Gasteiger partial charge < -0.3 is 10.4 Å². The summed E-state index contributed by atoms with van der Waals surface area (Å²) in [6.07, 6.45) is 3.53. The van der Waals surface area contributed by atoms with Gasteiger partial charge in [-0.2, -0.15) is 0 Å². The summed E-state index contributed by atoms with van der Waals surface area (Å²) < 4.78 is 24.0. The third-order valence-electron chi connectivity index (χ3n) is 3.28. The second kappa shape index (κ2) is 7.92. The topological polar surface area (TPSA) is 101 Å². The van der Waals surface area contributed by atoms with Crippen molar-refractivity contribution in [2.24, 2.45) is 0 Å².